The summed E-state index contributed by atoms with van der Waals surface area (Å²) in [6.07, 6.45) is 1.35. The second-order valence-corrected chi connectivity index (χ2v) is 3.75. The number of fused-ring (bicyclic) bond motifs is 1. The molecule has 0 aromatic carbocycles. The number of hydrogen-bond acceptors (Lipinski definition) is 4. The summed E-state index contributed by atoms with van der Waals surface area (Å²) < 4.78 is 5.05. The molecular formula is C11H15N3O2. The summed E-state index contributed by atoms with van der Waals surface area (Å²) in [5, 5.41) is 6.06. The van der Waals surface area contributed by atoms with Crippen LogP contribution in [0.1, 0.15) is 19.8 Å². The van der Waals surface area contributed by atoms with Gasteiger partial charge in [-0.15, -0.1) is 0 Å². The van der Waals surface area contributed by atoms with Gasteiger partial charge in [0, 0.05) is 18.5 Å². The molecule has 0 aliphatic carbocycles. The third kappa shape index (κ3) is 2.08. The minimum Gasteiger partial charge on any atom is -0.481 e. The van der Waals surface area contributed by atoms with Crippen LogP contribution in [0.4, 0.5) is 11.5 Å². The van der Waals surface area contributed by atoms with Gasteiger partial charge < -0.3 is 15.4 Å². The molecule has 2 rings (SSSR count). The fraction of sp³-hybridized carbons (Fsp3) is 0.455. The average Bonchev–Trinajstić information content (AvgIpc) is 2.45. The van der Waals surface area contributed by atoms with Gasteiger partial charge in [-0.05, 0) is 12.5 Å². The molecular weight excluding hydrogens is 206 g/mol. The highest BCUT2D eigenvalue weighted by Gasteiger charge is 2.20. The van der Waals surface area contributed by atoms with Gasteiger partial charge in [0.25, 0.3) is 0 Å². The van der Waals surface area contributed by atoms with Gasteiger partial charge in [0.1, 0.15) is 0 Å². The van der Waals surface area contributed by atoms with E-state index in [2.05, 4.69) is 15.6 Å². The van der Waals surface area contributed by atoms with Gasteiger partial charge in [0.2, 0.25) is 11.8 Å². The predicted octanol–water partition coefficient (Wildman–Crippen LogP) is 1.62. The largest absolute Gasteiger partial charge is 0.481 e. The second kappa shape index (κ2) is 4.38. The SMILES string of the molecule is CCC1CC(=O)Nc2ccc(OC)nc2N1. The summed E-state index contributed by atoms with van der Waals surface area (Å²) >= 11 is 0. The minimum absolute atomic E-state index is 0.0186. The fourth-order valence-corrected chi connectivity index (χ4v) is 1.68. The first-order chi connectivity index (χ1) is 7.72. The van der Waals surface area contributed by atoms with Crippen LogP contribution in [0.5, 0.6) is 5.88 Å². The van der Waals surface area contributed by atoms with Gasteiger partial charge in [0.15, 0.2) is 5.82 Å². The molecule has 5 nitrogen and oxygen atoms in total. The van der Waals surface area contributed by atoms with Crippen molar-refractivity contribution in [2.24, 2.45) is 0 Å². The molecule has 0 fully saturated rings. The molecule has 1 atom stereocenters. The highest BCUT2D eigenvalue weighted by Crippen LogP contribution is 2.27. The third-order valence-electron chi connectivity index (χ3n) is 2.62. The first-order valence-corrected chi connectivity index (χ1v) is 5.34. The number of pyridine rings is 1. The Labute approximate surface area is 94.2 Å². The van der Waals surface area contributed by atoms with Crippen molar-refractivity contribution in [3.63, 3.8) is 0 Å². The van der Waals surface area contributed by atoms with Crippen LogP contribution in [0.2, 0.25) is 0 Å². The topological polar surface area (TPSA) is 63.2 Å². The normalized spacial score (nSPS) is 19.1. The Kier molecular flexibility index (Phi) is 2.94. The number of rotatable bonds is 2. The van der Waals surface area contributed by atoms with Gasteiger partial charge in [-0.2, -0.15) is 4.98 Å². The number of aromatic nitrogens is 1. The Morgan fingerprint density at radius 2 is 2.38 bits per heavy atom. The van der Waals surface area contributed by atoms with Crippen molar-refractivity contribution in [3.05, 3.63) is 12.1 Å². The Balaban J connectivity index is 2.34. The molecule has 1 aromatic rings. The monoisotopic (exact) mass is 221 g/mol. The summed E-state index contributed by atoms with van der Waals surface area (Å²) in [7, 11) is 1.57. The molecule has 0 radical (unpaired) electrons. The van der Waals surface area contributed by atoms with Gasteiger partial charge in [0.05, 0.1) is 12.8 Å². The van der Waals surface area contributed by atoms with Crippen LogP contribution < -0.4 is 15.4 Å². The zero-order valence-electron chi connectivity index (χ0n) is 9.41. The Morgan fingerprint density at radius 3 is 3.06 bits per heavy atom. The van der Waals surface area contributed by atoms with Crippen LogP contribution in [0.25, 0.3) is 0 Å². The number of hydrogen-bond donors (Lipinski definition) is 2. The minimum atomic E-state index is 0.0186. The molecule has 86 valence electrons. The maximum Gasteiger partial charge on any atom is 0.226 e. The van der Waals surface area contributed by atoms with Crippen molar-refractivity contribution < 1.29 is 9.53 Å². The molecule has 16 heavy (non-hydrogen) atoms. The number of carbonyl (C=O) groups is 1. The van der Waals surface area contributed by atoms with E-state index >= 15 is 0 Å². The lowest BCUT2D eigenvalue weighted by Gasteiger charge is -2.13. The van der Waals surface area contributed by atoms with E-state index in [0.29, 0.717) is 23.8 Å². The molecule has 0 spiro atoms. The van der Waals surface area contributed by atoms with E-state index in [1.54, 1.807) is 19.2 Å². The highest BCUT2D eigenvalue weighted by molar-refractivity contribution is 5.95. The number of anilines is 2. The van der Waals surface area contributed by atoms with Gasteiger partial charge >= 0.3 is 0 Å². The first kappa shape index (κ1) is 10.7. The molecule has 2 N–H and O–H groups in total. The highest BCUT2D eigenvalue weighted by atomic mass is 16.5. The molecule has 0 bridgehead atoms. The summed E-state index contributed by atoms with van der Waals surface area (Å²) in [6, 6.07) is 3.65. The lowest BCUT2D eigenvalue weighted by molar-refractivity contribution is -0.116. The van der Waals surface area contributed by atoms with Gasteiger partial charge in [-0.3, -0.25) is 4.79 Å². The molecule has 0 saturated heterocycles. The van der Waals surface area contributed by atoms with Crippen molar-refractivity contribution >= 4 is 17.4 Å². The number of nitrogens with one attached hydrogen (secondary N) is 2. The van der Waals surface area contributed by atoms with E-state index in [0.717, 1.165) is 6.42 Å². The van der Waals surface area contributed by atoms with Crippen LogP contribution in [0.15, 0.2) is 12.1 Å². The van der Waals surface area contributed by atoms with Crippen LogP contribution >= 0.6 is 0 Å². The third-order valence-corrected chi connectivity index (χ3v) is 2.62. The average molecular weight is 221 g/mol. The molecule has 5 heteroatoms. The maximum absolute atomic E-state index is 11.6. The van der Waals surface area contributed by atoms with E-state index in [1.807, 2.05) is 6.92 Å². The van der Waals surface area contributed by atoms with Crippen LogP contribution in [-0.2, 0) is 4.79 Å². The number of ether oxygens (including phenoxy) is 1. The van der Waals surface area contributed by atoms with Crippen LogP contribution in [-0.4, -0.2) is 24.0 Å². The quantitative estimate of drug-likeness (QED) is 0.796. The first-order valence-electron chi connectivity index (χ1n) is 5.34. The Hall–Kier alpha value is -1.78. The van der Waals surface area contributed by atoms with E-state index in [1.165, 1.54) is 0 Å². The number of methoxy groups -OCH3 is 1. The van der Waals surface area contributed by atoms with Crippen LogP contribution in [0.3, 0.4) is 0 Å². The maximum atomic E-state index is 11.6. The molecule has 2 heterocycles. The molecule has 0 saturated carbocycles. The number of carbonyl (C=O) groups excluding carboxylic acids is 1. The number of nitrogens with zero attached hydrogens (tertiary/aromatic N) is 1. The Bertz CT molecular complexity index is 406. The molecule has 1 unspecified atom stereocenters. The van der Waals surface area contributed by atoms with Crippen LogP contribution in [0, 0.1) is 0 Å². The lowest BCUT2D eigenvalue weighted by Crippen LogP contribution is -2.21. The van der Waals surface area contributed by atoms with Gasteiger partial charge in [-0.1, -0.05) is 6.92 Å². The van der Waals surface area contributed by atoms with E-state index in [4.69, 9.17) is 4.74 Å². The van der Waals surface area contributed by atoms with Crippen molar-refractivity contribution in [1.29, 1.82) is 0 Å². The standard InChI is InChI=1S/C11H15N3O2/c1-3-7-6-9(15)13-8-4-5-10(16-2)14-11(8)12-7/h4-5,7H,3,6H2,1-2H3,(H,12,14)(H,13,15). The molecule has 1 amide bonds. The summed E-state index contributed by atoms with van der Waals surface area (Å²) in [5.74, 6) is 1.24. The second-order valence-electron chi connectivity index (χ2n) is 3.75. The molecule has 1 aromatic heterocycles. The van der Waals surface area contributed by atoms with E-state index in [9.17, 15) is 4.79 Å². The summed E-state index contributed by atoms with van der Waals surface area (Å²) in [4.78, 5) is 15.8. The lowest BCUT2D eigenvalue weighted by atomic mass is 10.1. The predicted molar refractivity (Wildman–Crippen MR) is 61.7 cm³/mol. The zero-order valence-corrected chi connectivity index (χ0v) is 9.41. The number of amides is 1. The zero-order chi connectivity index (χ0) is 11.5. The summed E-state index contributed by atoms with van der Waals surface area (Å²) in [5.41, 5.74) is 0.710. The van der Waals surface area contributed by atoms with Crippen molar-refractivity contribution in [2.75, 3.05) is 17.7 Å². The van der Waals surface area contributed by atoms with E-state index < -0.39 is 0 Å². The molecule has 1 aliphatic heterocycles. The Morgan fingerprint density at radius 1 is 1.56 bits per heavy atom. The molecule has 1 aliphatic rings. The van der Waals surface area contributed by atoms with Crippen molar-refractivity contribution in [2.45, 2.75) is 25.8 Å². The van der Waals surface area contributed by atoms with Crippen molar-refractivity contribution in [3.8, 4) is 5.88 Å². The van der Waals surface area contributed by atoms with Crippen molar-refractivity contribution in [1.82, 2.24) is 4.98 Å². The summed E-state index contributed by atoms with van der Waals surface area (Å²) in [6.45, 7) is 2.04. The van der Waals surface area contributed by atoms with E-state index in [-0.39, 0.29) is 11.9 Å². The van der Waals surface area contributed by atoms with Gasteiger partial charge in [-0.25, -0.2) is 0 Å². The fourth-order valence-electron chi connectivity index (χ4n) is 1.68. The smallest absolute Gasteiger partial charge is 0.226 e.